The summed E-state index contributed by atoms with van der Waals surface area (Å²) < 4.78 is 46.9. The first-order valence-corrected chi connectivity index (χ1v) is 21.2. The Hall–Kier alpha value is -3.48. The van der Waals surface area contributed by atoms with Gasteiger partial charge in [-0.05, 0) is 131 Å². The SMILES string of the molecule is C=CC(=O)N1CCC[C@@H](S(=O)(=O)c2ccc(N3CC(CN4CCC(C(CN5CCC5)(c5cccc(F)c5)[C@H]5CCC[C@@H]5NC(=O)OC)CC4)C3)cc2)C1. The van der Waals surface area contributed by atoms with Crippen molar-refractivity contribution in [2.45, 2.75) is 73.0 Å². The second-order valence-corrected chi connectivity index (χ2v) is 18.3. The number of alkyl carbamates (subject to hydrolysis) is 1. The molecule has 4 atom stereocenters. The van der Waals surface area contributed by atoms with Crippen molar-refractivity contribution in [1.29, 1.82) is 0 Å². The number of amides is 2. The lowest BCUT2D eigenvalue weighted by atomic mass is 9.57. The summed E-state index contributed by atoms with van der Waals surface area (Å²) in [6, 6.07) is 14.6. The van der Waals surface area contributed by atoms with Crippen molar-refractivity contribution in [1.82, 2.24) is 20.0 Å². The molecule has 0 spiro atoms. The van der Waals surface area contributed by atoms with Gasteiger partial charge in [-0.25, -0.2) is 17.6 Å². The van der Waals surface area contributed by atoms with Crippen LogP contribution in [0.4, 0.5) is 14.9 Å². The number of benzene rings is 2. The van der Waals surface area contributed by atoms with Crippen LogP contribution in [0.2, 0.25) is 0 Å². The minimum atomic E-state index is -3.55. The number of nitrogens with one attached hydrogen (secondary N) is 1. The van der Waals surface area contributed by atoms with Crippen LogP contribution in [0, 0.1) is 23.6 Å². The molecule has 2 aromatic rings. The van der Waals surface area contributed by atoms with Gasteiger partial charge >= 0.3 is 6.09 Å². The first-order chi connectivity index (χ1) is 25.6. The number of anilines is 1. The zero-order valence-corrected chi connectivity index (χ0v) is 32.0. The van der Waals surface area contributed by atoms with Crippen LogP contribution in [-0.2, 0) is 24.8 Å². The van der Waals surface area contributed by atoms with E-state index in [9.17, 15) is 22.4 Å². The van der Waals surface area contributed by atoms with Crippen LogP contribution in [0.3, 0.4) is 0 Å². The van der Waals surface area contributed by atoms with Crippen LogP contribution in [0.5, 0.6) is 0 Å². The molecule has 0 aromatic heterocycles. The minimum Gasteiger partial charge on any atom is -0.453 e. The van der Waals surface area contributed by atoms with E-state index in [1.807, 2.05) is 18.2 Å². The molecule has 10 nitrogen and oxygen atoms in total. The molecule has 1 saturated carbocycles. The number of ether oxygens (including phenoxy) is 1. The molecule has 4 heterocycles. The van der Waals surface area contributed by atoms with Crippen molar-refractivity contribution < 1.29 is 27.1 Å². The van der Waals surface area contributed by atoms with E-state index in [1.54, 1.807) is 23.1 Å². The molecule has 5 fully saturated rings. The third-order valence-corrected chi connectivity index (χ3v) is 15.3. The molecule has 4 aliphatic heterocycles. The van der Waals surface area contributed by atoms with E-state index in [2.05, 4.69) is 32.7 Å². The first kappa shape index (κ1) is 37.8. The molecule has 2 aromatic carbocycles. The molecule has 7 rings (SSSR count). The molecular formula is C41H56FN5O5S. The van der Waals surface area contributed by atoms with Gasteiger partial charge in [0.25, 0.3) is 0 Å². The molecule has 288 valence electrons. The molecule has 1 aliphatic carbocycles. The highest BCUT2D eigenvalue weighted by molar-refractivity contribution is 7.92. The van der Waals surface area contributed by atoms with Gasteiger partial charge in [0.15, 0.2) is 9.84 Å². The monoisotopic (exact) mass is 749 g/mol. The maximum atomic E-state index is 15.0. The summed E-state index contributed by atoms with van der Waals surface area (Å²) in [5, 5.41) is 2.58. The van der Waals surface area contributed by atoms with Gasteiger partial charge in [0.2, 0.25) is 5.91 Å². The van der Waals surface area contributed by atoms with Gasteiger partial charge in [-0.1, -0.05) is 25.1 Å². The highest BCUT2D eigenvalue weighted by Gasteiger charge is 2.53. The zero-order chi connectivity index (χ0) is 37.2. The van der Waals surface area contributed by atoms with E-state index in [1.165, 1.54) is 25.7 Å². The summed E-state index contributed by atoms with van der Waals surface area (Å²) in [5.74, 6) is 0.664. The molecular weight excluding hydrogens is 694 g/mol. The lowest BCUT2D eigenvalue weighted by Gasteiger charge is -2.54. The van der Waals surface area contributed by atoms with Gasteiger partial charge in [0, 0.05) is 62.3 Å². The second kappa shape index (κ2) is 16.1. The third-order valence-electron chi connectivity index (χ3n) is 13.1. The Morgan fingerprint density at radius 3 is 2.34 bits per heavy atom. The predicted molar refractivity (Wildman–Crippen MR) is 204 cm³/mol. The van der Waals surface area contributed by atoms with Crippen LogP contribution in [0.1, 0.15) is 56.9 Å². The quantitative estimate of drug-likeness (QED) is 0.300. The predicted octanol–water partition coefficient (Wildman–Crippen LogP) is 5.09. The first-order valence-electron chi connectivity index (χ1n) is 19.7. The summed E-state index contributed by atoms with van der Waals surface area (Å²) in [7, 11) is -2.13. The molecule has 1 N–H and O–H groups in total. The Labute approximate surface area is 314 Å². The van der Waals surface area contributed by atoms with Gasteiger partial charge in [-0.3, -0.25) is 4.79 Å². The fraction of sp³-hybridized carbons (Fsp3) is 0.610. The third kappa shape index (κ3) is 7.87. The number of piperidine rings is 2. The van der Waals surface area contributed by atoms with Crippen LogP contribution >= 0.6 is 0 Å². The molecule has 4 saturated heterocycles. The molecule has 2 amide bonds. The standard InChI is InChI=1S/C41H56FN5O5S/c1-3-39(48)46-21-6-10-36(28-46)53(50,51)35-15-13-34(14-16-35)47-26-30(27-47)25-44-22-17-31(18-23-44)41(29-45-19-7-20-45,32-8-4-9-33(42)24-32)37-11-5-12-38(37)43-40(49)52-2/h3-4,8-9,13-16,24,30-31,36-38H,1,5-7,10-12,17-23,25-29H2,2H3,(H,43,49)/t36-,37+,38+,41?/m1/s1. The minimum absolute atomic E-state index is 0.00853. The summed E-state index contributed by atoms with van der Waals surface area (Å²) >= 11 is 0. The lowest BCUT2D eigenvalue weighted by molar-refractivity contribution is -0.126. The number of nitrogens with zero attached hydrogens (tertiary/aromatic N) is 4. The number of hydrogen-bond donors (Lipinski definition) is 1. The fourth-order valence-electron chi connectivity index (χ4n) is 10.2. The zero-order valence-electron chi connectivity index (χ0n) is 31.1. The second-order valence-electron chi connectivity index (χ2n) is 16.1. The van der Waals surface area contributed by atoms with Crippen molar-refractivity contribution in [3.05, 3.63) is 72.6 Å². The summed E-state index contributed by atoms with van der Waals surface area (Å²) in [6.07, 6.45) is 8.25. The number of carbonyl (C=O) groups excluding carboxylic acids is 2. The van der Waals surface area contributed by atoms with Crippen molar-refractivity contribution in [2.75, 3.05) is 77.5 Å². The smallest absolute Gasteiger partial charge is 0.407 e. The van der Waals surface area contributed by atoms with E-state index in [0.29, 0.717) is 36.1 Å². The molecule has 0 radical (unpaired) electrons. The molecule has 5 aliphatic rings. The van der Waals surface area contributed by atoms with Crippen molar-refractivity contribution in [3.63, 3.8) is 0 Å². The number of hydrogen-bond acceptors (Lipinski definition) is 8. The Balaban J connectivity index is 0.981. The molecule has 53 heavy (non-hydrogen) atoms. The normalized spacial score (nSPS) is 26.0. The van der Waals surface area contributed by atoms with Crippen LogP contribution < -0.4 is 10.2 Å². The highest BCUT2D eigenvalue weighted by Crippen LogP contribution is 2.51. The molecule has 12 heteroatoms. The fourth-order valence-corrected chi connectivity index (χ4v) is 11.9. The van der Waals surface area contributed by atoms with E-state index < -0.39 is 21.2 Å². The van der Waals surface area contributed by atoms with E-state index in [4.69, 9.17) is 4.74 Å². The van der Waals surface area contributed by atoms with Gasteiger partial charge in [0.1, 0.15) is 5.82 Å². The Morgan fingerprint density at radius 2 is 1.68 bits per heavy atom. The molecule has 0 bridgehead atoms. The van der Waals surface area contributed by atoms with Crippen LogP contribution in [-0.4, -0.2) is 119 Å². The summed E-state index contributed by atoms with van der Waals surface area (Å²) in [5.41, 5.74) is 1.83. The Bertz CT molecular complexity index is 1720. The number of sulfone groups is 1. The van der Waals surface area contributed by atoms with E-state index in [0.717, 1.165) is 95.7 Å². The number of carbonyl (C=O) groups is 2. The number of methoxy groups -OCH3 is 1. The van der Waals surface area contributed by atoms with E-state index >= 15 is 0 Å². The largest absolute Gasteiger partial charge is 0.453 e. The summed E-state index contributed by atoms with van der Waals surface area (Å²) in [6.45, 7) is 12.2. The highest BCUT2D eigenvalue weighted by atomic mass is 32.2. The van der Waals surface area contributed by atoms with E-state index in [-0.39, 0.29) is 35.6 Å². The molecule has 1 unspecified atom stereocenters. The van der Waals surface area contributed by atoms with Crippen molar-refractivity contribution >= 4 is 27.5 Å². The average Bonchev–Trinajstić information content (AvgIpc) is 3.61. The number of rotatable bonds is 12. The maximum absolute atomic E-state index is 15.0. The number of likely N-dealkylation sites (tertiary alicyclic amines) is 3. The Kier molecular flexibility index (Phi) is 11.5. The van der Waals surface area contributed by atoms with Crippen molar-refractivity contribution in [2.24, 2.45) is 17.8 Å². The van der Waals surface area contributed by atoms with Gasteiger partial charge in [-0.15, -0.1) is 0 Å². The van der Waals surface area contributed by atoms with Gasteiger partial charge in [-0.2, -0.15) is 0 Å². The van der Waals surface area contributed by atoms with Crippen LogP contribution in [0.25, 0.3) is 0 Å². The topological polar surface area (TPSA) is 103 Å². The van der Waals surface area contributed by atoms with Crippen molar-refractivity contribution in [3.8, 4) is 0 Å². The number of halogens is 1. The summed E-state index contributed by atoms with van der Waals surface area (Å²) in [4.78, 5) is 34.0. The maximum Gasteiger partial charge on any atom is 0.407 e. The Morgan fingerprint density at radius 1 is 0.925 bits per heavy atom. The van der Waals surface area contributed by atoms with Gasteiger partial charge < -0.3 is 29.7 Å². The van der Waals surface area contributed by atoms with Crippen LogP contribution in [0.15, 0.2) is 66.1 Å². The van der Waals surface area contributed by atoms with Gasteiger partial charge in [0.05, 0.1) is 17.3 Å². The lowest BCUT2D eigenvalue weighted by Crippen LogP contribution is -2.60. The average molecular weight is 750 g/mol.